The average molecular weight is 306 g/mol. The monoisotopic (exact) mass is 306 g/mol. The van der Waals surface area contributed by atoms with E-state index in [-0.39, 0.29) is 29.5 Å². The van der Waals surface area contributed by atoms with E-state index in [0.29, 0.717) is 29.6 Å². The van der Waals surface area contributed by atoms with Gasteiger partial charge in [-0.25, -0.2) is 0 Å². The Morgan fingerprint density at radius 2 is 2.17 bits per heavy atom. The van der Waals surface area contributed by atoms with E-state index in [2.05, 4.69) is 6.58 Å². The van der Waals surface area contributed by atoms with Crippen molar-refractivity contribution >= 4 is 11.6 Å². The first-order valence-corrected chi connectivity index (χ1v) is 7.66. The molecule has 4 nitrogen and oxygen atoms in total. The van der Waals surface area contributed by atoms with E-state index in [1.807, 2.05) is 25.1 Å². The van der Waals surface area contributed by atoms with Crippen LogP contribution in [0.2, 0.25) is 0 Å². The Morgan fingerprint density at radius 1 is 1.43 bits per heavy atom. The summed E-state index contributed by atoms with van der Waals surface area (Å²) in [7, 11) is 0. The number of hydrogen-bond acceptors (Lipinski definition) is 4. The van der Waals surface area contributed by atoms with Crippen LogP contribution in [0.1, 0.15) is 32.6 Å². The number of nitriles is 2. The third-order valence-corrected chi connectivity index (χ3v) is 4.51. The van der Waals surface area contributed by atoms with Gasteiger partial charge in [0, 0.05) is 29.1 Å². The fourth-order valence-corrected chi connectivity index (χ4v) is 3.18. The van der Waals surface area contributed by atoms with Gasteiger partial charge in [0.15, 0.2) is 11.6 Å². The Kier molecular flexibility index (Phi) is 5.09. The van der Waals surface area contributed by atoms with Crippen molar-refractivity contribution in [2.75, 3.05) is 0 Å². The Labute approximate surface area is 136 Å². The summed E-state index contributed by atoms with van der Waals surface area (Å²) < 4.78 is 0. The van der Waals surface area contributed by atoms with Gasteiger partial charge in [0.05, 0.1) is 11.6 Å². The van der Waals surface area contributed by atoms with E-state index >= 15 is 0 Å². The van der Waals surface area contributed by atoms with Crippen LogP contribution in [0.15, 0.2) is 47.1 Å². The molecule has 0 radical (unpaired) electrons. The first-order chi connectivity index (χ1) is 11.0. The van der Waals surface area contributed by atoms with Gasteiger partial charge in [0.2, 0.25) is 0 Å². The van der Waals surface area contributed by atoms with Crippen LogP contribution < -0.4 is 0 Å². The first kappa shape index (κ1) is 16.6. The van der Waals surface area contributed by atoms with Gasteiger partial charge >= 0.3 is 0 Å². The Morgan fingerprint density at radius 3 is 2.78 bits per heavy atom. The lowest BCUT2D eigenvalue weighted by Crippen LogP contribution is -2.33. The molecule has 0 heterocycles. The molecule has 2 atom stereocenters. The summed E-state index contributed by atoms with van der Waals surface area (Å²) in [6.45, 7) is 5.38. The molecular formula is C19H18N2O2. The average Bonchev–Trinajstić information content (AvgIpc) is 2.58. The molecule has 0 aromatic carbocycles. The number of carbonyl (C=O) groups excluding carboxylic acids is 2. The molecule has 0 fully saturated rings. The fraction of sp³-hybridized carbons (Fsp3) is 0.368. The van der Waals surface area contributed by atoms with Gasteiger partial charge in [-0.05, 0) is 25.2 Å². The molecule has 0 spiro atoms. The zero-order valence-electron chi connectivity index (χ0n) is 13.1. The van der Waals surface area contributed by atoms with Crippen molar-refractivity contribution in [1.29, 1.82) is 10.5 Å². The summed E-state index contributed by atoms with van der Waals surface area (Å²) in [4.78, 5) is 25.0. The smallest absolute Gasteiger partial charge is 0.167 e. The minimum absolute atomic E-state index is 0.0162. The molecule has 0 saturated heterocycles. The molecule has 0 N–H and O–H groups in total. The van der Waals surface area contributed by atoms with E-state index < -0.39 is 5.92 Å². The second-order valence-corrected chi connectivity index (χ2v) is 5.93. The lowest BCUT2D eigenvalue weighted by Gasteiger charge is -2.29. The second-order valence-electron chi connectivity index (χ2n) is 5.93. The molecule has 2 rings (SSSR count). The van der Waals surface area contributed by atoms with Crippen LogP contribution in [0.4, 0.5) is 0 Å². The summed E-state index contributed by atoms with van der Waals surface area (Å²) in [5, 5.41) is 18.3. The maximum atomic E-state index is 12.7. The zero-order valence-corrected chi connectivity index (χ0v) is 13.1. The molecule has 0 amide bonds. The van der Waals surface area contributed by atoms with Crippen LogP contribution >= 0.6 is 0 Å². The van der Waals surface area contributed by atoms with Gasteiger partial charge in [0.1, 0.15) is 6.07 Å². The number of carbonyl (C=O) groups is 2. The molecule has 0 aromatic heterocycles. The minimum atomic E-state index is -0.433. The van der Waals surface area contributed by atoms with E-state index in [4.69, 9.17) is 5.26 Å². The first-order valence-electron chi connectivity index (χ1n) is 7.66. The van der Waals surface area contributed by atoms with Crippen molar-refractivity contribution in [3.8, 4) is 12.1 Å². The highest BCUT2D eigenvalue weighted by Gasteiger charge is 2.37. The number of ketones is 2. The van der Waals surface area contributed by atoms with Crippen molar-refractivity contribution < 1.29 is 9.59 Å². The lowest BCUT2D eigenvalue weighted by atomic mass is 9.72. The van der Waals surface area contributed by atoms with Gasteiger partial charge in [-0.15, -0.1) is 0 Å². The van der Waals surface area contributed by atoms with E-state index in [9.17, 15) is 14.9 Å². The molecule has 0 aliphatic heterocycles. The van der Waals surface area contributed by atoms with Crippen LogP contribution in [-0.2, 0) is 9.59 Å². The highest BCUT2D eigenvalue weighted by molar-refractivity contribution is 6.14. The quantitative estimate of drug-likeness (QED) is 0.589. The van der Waals surface area contributed by atoms with Crippen molar-refractivity contribution in [3.05, 3.63) is 47.1 Å². The molecule has 116 valence electrons. The molecule has 0 aromatic rings. The zero-order chi connectivity index (χ0) is 17.0. The van der Waals surface area contributed by atoms with Gasteiger partial charge in [-0.1, -0.05) is 31.7 Å². The number of hydrogen-bond donors (Lipinski definition) is 0. The Bertz CT molecular complexity index is 738. The van der Waals surface area contributed by atoms with Gasteiger partial charge in [0.25, 0.3) is 0 Å². The van der Waals surface area contributed by atoms with Crippen LogP contribution in [0, 0.1) is 34.5 Å². The standard InChI is InChI=1S/C19H18N2O2/c1-3-13(10-20)14(11-21)8-12(2)17-9-18(22)15-6-4-5-7-16(15)19(17)23/h3,5,7,12,17H,1,4,6,8-9H2,2H3/b14-13-. The summed E-state index contributed by atoms with van der Waals surface area (Å²) in [6.07, 6.45) is 6.94. The molecule has 4 heteroatoms. The van der Waals surface area contributed by atoms with Crippen LogP contribution in [-0.4, -0.2) is 11.6 Å². The largest absolute Gasteiger partial charge is 0.295 e. The molecule has 23 heavy (non-hydrogen) atoms. The highest BCUT2D eigenvalue weighted by Crippen LogP contribution is 2.36. The van der Waals surface area contributed by atoms with E-state index in [1.54, 1.807) is 6.08 Å². The summed E-state index contributed by atoms with van der Waals surface area (Å²) in [6, 6.07) is 3.96. The van der Waals surface area contributed by atoms with Gasteiger partial charge in [-0.3, -0.25) is 9.59 Å². The Hall–Kier alpha value is -2.72. The predicted octanol–water partition coefficient (Wildman–Crippen LogP) is 3.35. The topological polar surface area (TPSA) is 81.7 Å². The number of nitrogens with zero attached hydrogens (tertiary/aromatic N) is 2. The van der Waals surface area contributed by atoms with Crippen LogP contribution in [0.3, 0.4) is 0 Å². The summed E-state index contributed by atoms with van der Waals surface area (Å²) in [5.74, 6) is -0.601. The van der Waals surface area contributed by atoms with Crippen LogP contribution in [0.5, 0.6) is 0 Å². The van der Waals surface area contributed by atoms with Gasteiger partial charge in [-0.2, -0.15) is 10.5 Å². The number of allylic oxidation sites excluding steroid dienone is 7. The number of rotatable bonds is 4. The third kappa shape index (κ3) is 3.22. The number of Topliss-reactive ketones (excluding diaryl/α,β-unsaturated/α-hetero) is 2. The third-order valence-electron chi connectivity index (χ3n) is 4.51. The molecule has 2 aliphatic carbocycles. The maximum Gasteiger partial charge on any atom is 0.167 e. The second kappa shape index (κ2) is 7.03. The van der Waals surface area contributed by atoms with Crippen molar-refractivity contribution in [3.63, 3.8) is 0 Å². The van der Waals surface area contributed by atoms with Crippen molar-refractivity contribution in [2.24, 2.45) is 11.8 Å². The fourth-order valence-electron chi connectivity index (χ4n) is 3.18. The maximum absolute atomic E-state index is 12.7. The molecule has 2 unspecified atom stereocenters. The SMILES string of the molecule is C=C/C(C#N)=C(/C#N)CC(C)C1CC(=O)C2=C(C=CCC2)C1=O. The molecular weight excluding hydrogens is 288 g/mol. The van der Waals surface area contributed by atoms with Crippen molar-refractivity contribution in [2.45, 2.75) is 32.6 Å². The summed E-state index contributed by atoms with van der Waals surface area (Å²) in [5.41, 5.74) is 1.73. The van der Waals surface area contributed by atoms with Gasteiger partial charge < -0.3 is 0 Å². The summed E-state index contributed by atoms with van der Waals surface area (Å²) >= 11 is 0. The molecule has 0 saturated carbocycles. The highest BCUT2D eigenvalue weighted by atomic mass is 16.1. The van der Waals surface area contributed by atoms with E-state index in [0.717, 1.165) is 6.42 Å². The predicted molar refractivity (Wildman–Crippen MR) is 85.8 cm³/mol. The van der Waals surface area contributed by atoms with E-state index in [1.165, 1.54) is 6.08 Å². The molecule has 0 bridgehead atoms. The minimum Gasteiger partial charge on any atom is -0.295 e. The Balaban J connectivity index is 2.27. The molecule has 2 aliphatic rings. The normalized spacial score (nSPS) is 22.7. The van der Waals surface area contributed by atoms with Crippen molar-refractivity contribution in [1.82, 2.24) is 0 Å². The lowest BCUT2D eigenvalue weighted by molar-refractivity contribution is -0.127. The van der Waals surface area contributed by atoms with Crippen LogP contribution in [0.25, 0.3) is 0 Å².